The van der Waals surface area contributed by atoms with E-state index in [0.717, 1.165) is 42.5 Å². The molecule has 18 heavy (non-hydrogen) atoms. The monoisotopic (exact) mass is 262 g/mol. The van der Waals surface area contributed by atoms with E-state index in [1.807, 2.05) is 17.5 Å². The average molecular weight is 262 g/mol. The van der Waals surface area contributed by atoms with Gasteiger partial charge in [0.15, 0.2) is 0 Å². The molecule has 0 aliphatic rings. The minimum Gasteiger partial charge on any atom is -0.370 e. The Hall–Kier alpha value is -1.62. The topological polar surface area (TPSA) is 49.8 Å². The molecular formula is C13H18N4S. The van der Waals surface area contributed by atoms with E-state index in [9.17, 15) is 0 Å². The molecule has 4 nitrogen and oxygen atoms in total. The number of hydrogen-bond acceptors (Lipinski definition) is 5. The number of hydrogen-bond donors (Lipinski definition) is 2. The highest BCUT2D eigenvalue weighted by atomic mass is 32.1. The van der Waals surface area contributed by atoms with Crippen LogP contribution in [0.3, 0.4) is 0 Å². The van der Waals surface area contributed by atoms with Crippen molar-refractivity contribution in [3.63, 3.8) is 0 Å². The Labute approximate surface area is 111 Å². The van der Waals surface area contributed by atoms with E-state index in [2.05, 4.69) is 39.8 Å². The quantitative estimate of drug-likeness (QED) is 0.834. The molecule has 0 saturated heterocycles. The molecule has 0 aliphatic carbocycles. The van der Waals surface area contributed by atoms with Gasteiger partial charge in [0.05, 0.1) is 5.69 Å². The molecular weight excluding hydrogens is 244 g/mol. The molecule has 0 atom stereocenters. The fourth-order valence-corrected chi connectivity index (χ4v) is 2.13. The molecule has 0 bridgehead atoms. The Bertz CT molecular complexity index is 482. The van der Waals surface area contributed by atoms with Gasteiger partial charge in [-0.05, 0) is 17.9 Å². The molecule has 0 amide bonds. The van der Waals surface area contributed by atoms with Crippen molar-refractivity contribution in [1.82, 2.24) is 9.97 Å². The average Bonchev–Trinajstić information content (AvgIpc) is 2.89. The first-order chi connectivity index (χ1) is 8.81. The highest BCUT2D eigenvalue weighted by Crippen LogP contribution is 2.19. The van der Waals surface area contributed by atoms with Crippen molar-refractivity contribution in [3.8, 4) is 0 Å². The maximum Gasteiger partial charge on any atom is 0.136 e. The third-order valence-corrected chi connectivity index (χ3v) is 3.12. The summed E-state index contributed by atoms with van der Waals surface area (Å²) < 4.78 is 0. The highest BCUT2D eigenvalue weighted by Gasteiger charge is 2.03. The molecule has 2 N–H and O–H groups in total. The van der Waals surface area contributed by atoms with Crippen LogP contribution in [0.1, 0.15) is 26.1 Å². The van der Waals surface area contributed by atoms with Crippen LogP contribution in [0.2, 0.25) is 0 Å². The van der Waals surface area contributed by atoms with Crippen LogP contribution < -0.4 is 10.6 Å². The van der Waals surface area contributed by atoms with Crippen molar-refractivity contribution < 1.29 is 0 Å². The lowest BCUT2D eigenvalue weighted by Crippen LogP contribution is -2.06. The summed E-state index contributed by atoms with van der Waals surface area (Å²) in [6.07, 6.45) is 1.92. The predicted octanol–water partition coefficient (Wildman–Crippen LogP) is 3.67. The fourth-order valence-electron chi connectivity index (χ4n) is 1.55. The number of anilines is 3. The summed E-state index contributed by atoms with van der Waals surface area (Å²) in [6.45, 7) is 5.13. The van der Waals surface area contributed by atoms with Gasteiger partial charge in [-0.15, -0.1) is 0 Å². The second-order valence-electron chi connectivity index (χ2n) is 3.97. The molecule has 0 fully saturated rings. The second-order valence-corrected chi connectivity index (χ2v) is 4.75. The Balaban J connectivity index is 2.17. The van der Waals surface area contributed by atoms with Crippen LogP contribution in [0.15, 0.2) is 22.9 Å². The molecule has 2 rings (SSSR count). The zero-order valence-corrected chi connectivity index (χ0v) is 11.5. The van der Waals surface area contributed by atoms with E-state index in [1.54, 1.807) is 11.3 Å². The van der Waals surface area contributed by atoms with Gasteiger partial charge in [-0.1, -0.05) is 13.8 Å². The molecule has 2 aromatic heterocycles. The molecule has 96 valence electrons. The largest absolute Gasteiger partial charge is 0.370 e. The summed E-state index contributed by atoms with van der Waals surface area (Å²) >= 11 is 1.67. The van der Waals surface area contributed by atoms with Crippen molar-refractivity contribution in [1.29, 1.82) is 0 Å². The van der Waals surface area contributed by atoms with Gasteiger partial charge in [-0.25, -0.2) is 9.97 Å². The lowest BCUT2D eigenvalue weighted by atomic mass is 10.4. The lowest BCUT2D eigenvalue weighted by molar-refractivity contribution is 0.919. The summed E-state index contributed by atoms with van der Waals surface area (Å²) in [5.74, 6) is 2.59. The zero-order valence-electron chi connectivity index (χ0n) is 10.7. The van der Waals surface area contributed by atoms with Gasteiger partial charge in [0.1, 0.15) is 17.5 Å². The minimum atomic E-state index is 0.833. The first kappa shape index (κ1) is 12.8. The van der Waals surface area contributed by atoms with Crippen LogP contribution >= 0.6 is 11.3 Å². The fraction of sp³-hybridized carbons (Fsp3) is 0.385. The summed E-state index contributed by atoms with van der Waals surface area (Å²) in [4.78, 5) is 8.94. The third-order valence-electron chi connectivity index (χ3n) is 2.44. The summed E-state index contributed by atoms with van der Waals surface area (Å²) in [7, 11) is 0. The molecule has 0 aromatic carbocycles. The zero-order chi connectivity index (χ0) is 12.8. The van der Waals surface area contributed by atoms with Crippen molar-refractivity contribution in [2.45, 2.75) is 26.7 Å². The Morgan fingerprint density at radius 1 is 1.22 bits per heavy atom. The van der Waals surface area contributed by atoms with Crippen LogP contribution in [-0.2, 0) is 6.42 Å². The number of thiophene rings is 1. The van der Waals surface area contributed by atoms with Crippen LogP contribution in [0.5, 0.6) is 0 Å². The number of rotatable bonds is 6. The highest BCUT2D eigenvalue weighted by molar-refractivity contribution is 7.08. The van der Waals surface area contributed by atoms with Gasteiger partial charge < -0.3 is 10.6 Å². The molecule has 0 aliphatic heterocycles. The van der Waals surface area contributed by atoms with E-state index in [-0.39, 0.29) is 0 Å². The van der Waals surface area contributed by atoms with Gasteiger partial charge in [0.2, 0.25) is 0 Å². The van der Waals surface area contributed by atoms with Crippen molar-refractivity contribution >= 4 is 28.7 Å². The van der Waals surface area contributed by atoms with E-state index in [4.69, 9.17) is 0 Å². The van der Waals surface area contributed by atoms with Gasteiger partial charge in [-0.2, -0.15) is 11.3 Å². The van der Waals surface area contributed by atoms with Crippen molar-refractivity contribution in [2.75, 3.05) is 17.2 Å². The molecule has 0 unspecified atom stereocenters. The van der Waals surface area contributed by atoms with Gasteiger partial charge in [0, 0.05) is 24.4 Å². The van der Waals surface area contributed by atoms with E-state index in [1.165, 1.54) is 0 Å². The van der Waals surface area contributed by atoms with E-state index >= 15 is 0 Å². The first-order valence-corrected chi connectivity index (χ1v) is 7.17. The number of aryl methyl sites for hydroxylation is 1. The molecule has 0 saturated carbocycles. The van der Waals surface area contributed by atoms with E-state index < -0.39 is 0 Å². The van der Waals surface area contributed by atoms with Crippen LogP contribution in [0, 0.1) is 0 Å². The molecule has 5 heteroatoms. The molecule has 2 aromatic rings. The van der Waals surface area contributed by atoms with Gasteiger partial charge >= 0.3 is 0 Å². The Morgan fingerprint density at radius 2 is 2.06 bits per heavy atom. The predicted molar refractivity (Wildman–Crippen MR) is 77.8 cm³/mol. The molecule has 0 radical (unpaired) electrons. The number of nitrogens with zero attached hydrogens (tertiary/aromatic N) is 2. The minimum absolute atomic E-state index is 0.833. The number of nitrogens with one attached hydrogen (secondary N) is 2. The standard InChI is InChI=1S/C13H18N4S/c1-3-6-14-12-8-13(17-11(4-2)16-12)15-10-5-7-18-9-10/h5,7-9H,3-4,6H2,1-2H3,(H2,14,15,16,17). The van der Waals surface area contributed by atoms with Crippen molar-refractivity contribution in [2.24, 2.45) is 0 Å². The SMILES string of the molecule is CCCNc1cc(Nc2ccsc2)nc(CC)n1. The van der Waals surface area contributed by atoms with Gasteiger partial charge in [-0.3, -0.25) is 0 Å². The normalized spacial score (nSPS) is 10.3. The van der Waals surface area contributed by atoms with E-state index in [0.29, 0.717) is 0 Å². The first-order valence-electron chi connectivity index (χ1n) is 6.23. The summed E-state index contributed by atoms with van der Waals surface area (Å²) in [5.41, 5.74) is 1.07. The molecule has 0 spiro atoms. The van der Waals surface area contributed by atoms with Gasteiger partial charge in [0.25, 0.3) is 0 Å². The Kier molecular flexibility index (Phi) is 4.52. The van der Waals surface area contributed by atoms with Crippen LogP contribution in [-0.4, -0.2) is 16.5 Å². The molecule has 2 heterocycles. The van der Waals surface area contributed by atoms with Crippen molar-refractivity contribution in [3.05, 3.63) is 28.7 Å². The summed E-state index contributed by atoms with van der Waals surface area (Å²) in [5, 5.41) is 10.7. The van der Waals surface area contributed by atoms with Crippen LogP contribution in [0.4, 0.5) is 17.3 Å². The lowest BCUT2D eigenvalue weighted by Gasteiger charge is -2.09. The summed E-state index contributed by atoms with van der Waals surface area (Å²) in [6, 6.07) is 3.99. The van der Waals surface area contributed by atoms with Crippen LogP contribution in [0.25, 0.3) is 0 Å². The maximum absolute atomic E-state index is 4.48. The second kappa shape index (κ2) is 6.35. The number of aromatic nitrogens is 2. The third kappa shape index (κ3) is 3.43. The Morgan fingerprint density at radius 3 is 2.72 bits per heavy atom. The maximum atomic E-state index is 4.48. The smallest absolute Gasteiger partial charge is 0.136 e.